The Hall–Kier alpha value is -2.80. The topological polar surface area (TPSA) is 128 Å². The Morgan fingerprint density at radius 1 is 1.05 bits per heavy atom. The summed E-state index contributed by atoms with van der Waals surface area (Å²) in [5.41, 5.74) is 10.6. The van der Waals surface area contributed by atoms with Crippen LogP contribution in [-0.4, -0.2) is 23.8 Å². The number of hydrogen-bond acceptors (Lipinski definition) is 4. The fraction of sp³-hybridized carbons (Fsp3) is 0.0714. The first kappa shape index (κ1) is 15.6. The number of benzene rings is 1. The summed E-state index contributed by atoms with van der Waals surface area (Å²) in [6.07, 6.45) is 0. The van der Waals surface area contributed by atoms with Gasteiger partial charge in [-0.1, -0.05) is 23.7 Å². The third-order valence-corrected chi connectivity index (χ3v) is 3.14. The molecule has 0 unspecified atom stereocenters. The lowest BCUT2D eigenvalue weighted by Gasteiger charge is -2.10. The fourth-order valence-corrected chi connectivity index (χ4v) is 1.98. The van der Waals surface area contributed by atoms with Crippen LogP contribution in [0.4, 0.5) is 0 Å². The van der Waals surface area contributed by atoms with Crippen molar-refractivity contribution in [3.05, 3.63) is 47.2 Å². The van der Waals surface area contributed by atoms with Crippen molar-refractivity contribution in [1.29, 1.82) is 0 Å². The Morgan fingerprint density at radius 3 is 2.27 bits per heavy atom. The Morgan fingerprint density at radius 2 is 1.68 bits per heavy atom. The lowest BCUT2D eigenvalue weighted by Crippen LogP contribution is -2.52. The van der Waals surface area contributed by atoms with Crippen molar-refractivity contribution in [1.82, 2.24) is 5.32 Å². The van der Waals surface area contributed by atoms with E-state index in [0.717, 1.165) is 0 Å². The maximum atomic E-state index is 11.9. The number of nitrogens with one attached hydrogen (secondary N) is 1. The monoisotopic (exact) mass is 321 g/mol. The van der Waals surface area contributed by atoms with Gasteiger partial charge in [0.15, 0.2) is 11.8 Å². The van der Waals surface area contributed by atoms with Gasteiger partial charge in [0.2, 0.25) is 11.8 Å². The van der Waals surface area contributed by atoms with Crippen LogP contribution in [0, 0.1) is 0 Å². The first-order valence-electron chi connectivity index (χ1n) is 6.14. The molecule has 0 radical (unpaired) electrons. The van der Waals surface area contributed by atoms with Crippen molar-refractivity contribution in [2.75, 3.05) is 0 Å². The minimum absolute atomic E-state index is 0.109. The van der Waals surface area contributed by atoms with Gasteiger partial charge >= 0.3 is 0 Å². The molecule has 0 saturated carbocycles. The molecule has 0 spiro atoms. The Balaban J connectivity index is 2.21. The Kier molecular flexibility index (Phi) is 4.47. The molecule has 114 valence electrons. The maximum Gasteiger partial charge on any atom is 0.288 e. The first-order chi connectivity index (χ1) is 10.4. The highest BCUT2D eigenvalue weighted by molar-refractivity contribution is 6.33. The molecule has 22 heavy (non-hydrogen) atoms. The van der Waals surface area contributed by atoms with E-state index in [1.807, 2.05) is 0 Å². The molecule has 0 aliphatic rings. The lowest BCUT2D eigenvalue weighted by molar-refractivity contribution is -0.128. The number of carbonyl (C=O) groups is 3. The number of hydrogen-bond donors (Lipinski definition) is 3. The van der Waals surface area contributed by atoms with E-state index in [1.165, 1.54) is 6.07 Å². The van der Waals surface area contributed by atoms with E-state index < -0.39 is 23.8 Å². The average Bonchev–Trinajstić information content (AvgIpc) is 2.94. The third-order valence-electron chi connectivity index (χ3n) is 2.81. The summed E-state index contributed by atoms with van der Waals surface area (Å²) in [4.78, 5) is 34.0. The molecule has 1 heterocycles. The Bertz CT molecular complexity index is 727. The largest absolute Gasteiger partial charge is 0.451 e. The molecule has 8 heteroatoms. The molecule has 1 aromatic carbocycles. The van der Waals surface area contributed by atoms with Crippen molar-refractivity contribution in [3.63, 3.8) is 0 Å². The van der Waals surface area contributed by atoms with Gasteiger partial charge in [0, 0.05) is 5.56 Å². The summed E-state index contributed by atoms with van der Waals surface area (Å²) in [5.74, 6) is -2.65. The summed E-state index contributed by atoms with van der Waals surface area (Å²) < 4.78 is 5.37. The highest BCUT2D eigenvalue weighted by Crippen LogP contribution is 2.28. The first-order valence-corrected chi connectivity index (χ1v) is 6.52. The second-order valence-corrected chi connectivity index (χ2v) is 4.76. The fourth-order valence-electron chi connectivity index (χ4n) is 1.75. The summed E-state index contributed by atoms with van der Waals surface area (Å²) >= 11 is 6.03. The van der Waals surface area contributed by atoms with E-state index in [4.69, 9.17) is 27.5 Å². The van der Waals surface area contributed by atoms with Gasteiger partial charge in [-0.15, -0.1) is 0 Å². The molecule has 0 atom stereocenters. The van der Waals surface area contributed by atoms with Crippen LogP contribution in [0.1, 0.15) is 10.6 Å². The lowest BCUT2D eigenvalue weighted by atomic mass is 10.2. The maximum absolute atomic E-state index is 11.9. The van der Waals surface area contributed by atoms with Crippen LogP contribution in [0.5, 0.6) is 0 Å². The van der Waals surface area contributed by atoms with E-state index in [-0.39, 0.29) is 5.76 Å². The van der Waals surface area contributed by atoms with Gasteiger partial charge in [0.1, 0.15) is 5.76 Å². The van der Waals surface area contributed by atoms with Crippen molar-refractivity contribution in [3.8, 4) is 11.3 Å². The number of amides is 3. The van der Waals surface area contributed by atoms with Crippen LogP contribution < -0.4 is 16.8 Å². The van der Waals surface area contributed by atoms with Gasteiger partial charge in [-0.05, 0) is 24.3 Å². The third kappa shape index (κ3) is 3.26. The van der Waals surface area contributed by atoms with Crippen molar-refractivity contribution in [2.24, 2.45) is 11.5 Å². The second kappa shape index (κ2) is 6.31. The van der Waals surface area contributed by atoms with Crippen LogP contribution in [-0.2, 0) is 9.59 Å². The summed E-state index contributed by atoms with van der Waals surface area (Å²) in [6, 6.07) is 8.23. The zero-order chi connectivity index (χ0) is 16.3. The predicted molar refractivity (Wildman–Crippen MR) is 78.8 cm³/mol. The van der Waals surface area contributed by atoms with Crippen LogP contribution in [0.15, 0.2) is 40.8 Å². The minimum atomic E-state index is -1.61. The SMILES string of the molecule is NC(=O)C(NC(=O)c1ccc(-c2ccccc2Cl)o1)C(N)=O. The number of furan rings is 1. The molecule has 1 aromatic heterocycles. The van der Waals surface area contributed by atoms with Gasteiger partial charge < -0.3 is 21.2 Å². The predicted octanol–water partition coefficient (Wildman–Crippen LogP) is 0.669. The zero-order valence-electron chi connectivity index (χ0n) is 11.2. The average molecular weight is 322 g/mol. The highest BCUT2D eigenvalue weighted by Gasteiger charge is 2.25. The van der Waals surface area contributed by atoms with Crippen molar-refractivity contribution >= 4 is 29.3 Å². The molecular weight excluding hydrogens is 310 g/mol. The van der Waals surface area contributed by atoms with Crippen LogP contribution in [0.3, 0.4) is 0 Å². The number of rotatable bonds is 5. The zero-order valence-corrected chi connectivity index (χ0v) is 12.0. The molecule has 5 N–H and O–H groups in total. The molecule has 0 fully saturated rings. The van der Waals surface area contributed by atoms with Crippen LogP contribution in [0.2, 0.25) is 5.02 Å². The van der Waals surface area contributed by atoms with Gasteiger partial charge in [-0.3, -0.25) is 14.4 Å². The summed E-state index contributed by atoms with van der Waals surface area (Å²) in [5, 5.41) is 2.55. The summed E-state index contributed by atoms with van der Waals surface area (Å²) in [6.45, 7) is 0. The van der Waals surface area contributed by atoms with Gasteiger partial charge in [-0.25, -0.2) is 0 Å². The molecule has 0 aliphatic heterocycles. The van der Waals surface area contributed by atoms with E-state index in [1.54, 1.807) is 30.3 Å². The van der Waals surface area contributed by atoms with E-state index >= 15 is 0 Å². The van der Waals surface area contributed by atoms with E-state index in [0.29, 0.717) is 16.3 Å². The molecule has 2 rings (SSSR count). The quantitative estimate of drug-likeness (QED) is 0.699. The molecule has 0 aliphatic carbocycles. The van der Waals surface area contributed by atoms with Gasteiger partial charge in [0.05, 0.1) is 5.02 Å². The molecule has 0 bridgehead atoms. The Labute approximate surface area is 130 Å². The molecule has 3 amide bonds. The van der Waals surface area contributed by atoms with Crippen molar-refractivity contribution < 1.29 is 18.8 Å². The number of primary amides is 2. The molecular formula is C14H12ClN3O4. The minimum Gasteiger partial charge on any atom is -0.451 e. The van der Waals surface area contributed by atoms with E-state index in [2.05, 4.69) is 5.32 Å². The standard InChI is InChI=1S/C14H12ClN3O4/c15-8-4-2-1-3-7(8)9-5-6-10(22-9)14(21)18-11(12(16)19)13(17)20/h1-6,11H,(H2,16,19)(H2,17,20)(H,18,21). The smallest absolute Gasteiger partial charge is 0.288 e. The van der Waals surface area contributed by atoms with Crippen LogP contribution in [0.25, 0.3) is 11.3 Å². The van der Waals surface area contributed by atoms with Crippen LogP contribution >= 0.6 is 11.6 Å². The molecule has 0 saturated heterocycles. The van der Waals surface area contributed by atoms with Gasteiger partial charge in [0.25, 0.3) is 5.91 Å². The highest BCUT2D eigenvalue weighted by atomic mass is 35.5. The second-order valence-electron chi connectivity index (χ2n) is 4.35. The van der Waals surface area contributed by atoms with E-state index in [9.17, 15) is 14.4 Å². The number of nitrogens with two attached hydrogens (primary N) is 2. The van der Waals surface area contributed by atoms with Gasteiger partial charge in [-0.2, -0.15) is 0 Å². The summed E-state index contributed by atoms with van der Waals surface area (Å²) in [7, 11) is 0. The molecule has 7 nitrogen and oxygen atoms in total. The number of halogens is 1. The van der Waals surface area contributed by atoms with Crippen molar-refractivity contribution in [2.45, 2.75) is 6.04 Å². The molecule has 2 aromatic rings. The normalized spacial score (nSPS) is 10.5. The number of carbonyl (C=O) groups excluding carboxylic acids is 3.